The average molecular weight is 644 g/mol. The number of nitrogens with one attached hydrogen (secondary N) is 2. The highest BCUT2D eigenvalue weighted by molar-refractivity contribution is 6.39. The maximum atomic E-state index is 15.0. The molecule has 3 rings (SSSR count). The summed E-state index contributed by atoms with van der Waals surface area (Å²) in [4.78, 5) is 29.0. The highest BCUT2D eigenvalue weighted by Crippen LogP contribution is 2.30. The number of pyridine rings is 1. The predicted molar refractivity (Wildman–Crippen MR) is 173 cm³/mol. The van der Waals surface area contributed by atoms with Crippen LogP contribution in [-0.2, 0) is 20.7 Å². The van der Waals surface area contributed by atoms with E-state index in [1.807, 2.05) is 26.0 Å². The average Bonchev–Trinajstić information content (AvgIpc) is 2.99. The van der Waals surface area contributed by atoms with Crippen LogP contribution in [0, 0.1) is 18.7 Å². The molecule has 0 radical (unpaired) electrons. The summed E-state index contributed by atoms with van der Waals surface area (Å²) < 4.78 is 26.9. The van der Waals surface area contributed by atoms with Crippen molar-refractivity contribution in [2.24, 2.45) is 11.7 Å². The number of ether oxygens (including phenoxy) is 2. The summed E-state index contributed by atoms with van der Waals surface area (Å²) in [5.74, 6) is -1.20. The first-order valence-corrected chi connectivity index (χ1v) is 15.0. The molecular weight excluding hydrogens is 606 g/mol. The van der Waals surface area contributed by atoms with Gasteiger partial charge in [0.25, 0.3) is 0 Å². The SMILES string of the molecule is C/C=C\C(=C/c1nccc(Oc2ccc(NC(=O)C(=O)NCCc3ccc(Cl)cc3Cl)cc2F)c1C)OCC(CC)CCN. The van der Waals surface area contributed by atoms with Crippen LogP contribution in [0.1, 0.15) is 43.5 Å². The van der Waals surface area contributed by atoms with Crippen molar-refractivity contribution in [3.8, 4) is 11.5 Å². The lowest BCUT2D eigenvalue weighted by Crippen LogP contribution is -2.36. The molecule has 234 valence electrons. The summed E-state index contributed by atoms with van der Waals surface area (Å²) in [6, 6.07) is 10.6. The van der Waals surface area contributed by atoms with Crippen LogP contribution in [0.5, 0.6) is 11.5 Å². The van der Waals surface area contributed by atoms with Crippen molar-refractivity contribution in [2.75, 3.05) is 25.0 Å². The standard InChI is InChI=1S/C33H37Cl2FN4O4/c1-4-6-26(43-20-22(5-2)11-14-37)19-29-21(3)30(13-16-38-29)44-31-10-9-25(18-28(31)36)40-33(42)32(41)39-15-12-23-7-8-24(34)17-27(23)35/h4,6-10,13,16-19,22H,5,11-12,14-15,20,37H2,1-3H3,(H,39,41)(H,40,42)/b6-4-,26-19+. The van der Waals surface area contributed by atoms with E-state index in [1.54, 1.807) is 36.5 Å². The third-order valence-corrected chi connectivity index (χ3v) is 7.34. The fourth-order valence-corrected chi connectivity index (χ4v) is 4.67. The van der Waals surface area contributed by atoms with Crippen LogP contribution in [-0.4, -0.2) is 36.5 Å². The highest BCUT2D eigenvalue weighted by Gasteiger charge is 2.16. The van der Waals surface area contributed by atoms with Gasteiger partial charge in [0, 0.05) is 46.2 Å². The fourth-order valence-electron chi connectivity index (χ4n) is 4.16. The van der Waals surface area contributed by atoms with Crippen molar-refractivity contribution in [1.29, 1.82) is 0 Å². The number of aromatic nitrogens is 1. The third-order valence-electron chi connectivity index (χ3n) is 6.75. The molecule has 2 amide bonds. The Morgan fingerprint density at radius 3 is 2.59 bits per heavy atom. The lowest BCUT2D eigenvalue weighted by Gasteiger charge is -2.16. The Balaban J connectivity index is 1.63. The van der Waals surface area contributed by atoms with Gasteiger partial charge in [-0.05, 0) is 81.1 Å². The van der Waals surface area contributed by atoms with E-state index in [4.69, 9.17) is 38.4 Å². The molecule has 0 bridgehead atoms. The lowest BCUT2D eigenvalue weighted by atomic mass is 10.0. The number of nitrogens with zero attached hydrogens (tertiary/aromatic N) is 1. The van der Waals surface area contributed by atoms with Crippen LogP contribution in [0.15, 0.2) is 66.6 Å². The summed E-state index contributed by atoms with van der Waals surface area (Å²) in [5.41, 5.74) is 7.87. The maximum Gasteiger partial charge on any atom is 0.313 e. The first-order chi connectivity index (χ1) is 21.1. The van der Waals surface area contributed by atoms with Gasteiger partial charge in [0.15, 0.2) is 11.6 Å². The Morgan fingerprint density at radius 2 is 1.91 bits per heavy atom. The fraction of sp³-hybridized carbons (Fsp3) is 0.303. The summed E-state index contributed by atoms with van der Waals surface area (Å²) in [7, 11) is 0. The van der Waals surface area contributed by atoms with Gasteiger partial charge in [-0.15, -0.1) is 0 Å². The molecular formula is C33H37Cl2FN4O4. The summed E-state index contributed by atoms with van der Waals surface area (Å²) in [5, 5.41) is 5.88. The normalized spacial score (nSPS) is 12.2. The molecule has 1 unspecified atom stereocenters. The van der Waals surface area contributed by atoms with E-state index in [2.05, 4.69) is 22.5 Å². The van der Waals surface area contributed by atoms with Gasteiger partial charge >= 0.3 is 11.8 Å². The molecule has 0 aliphatic carbocycles. The molecule has 0 saturated heterocycles. The number of hydrogen-bond acceptors (Lipinski definition) is 6. The Kier molecular flexibility index (Phi) is 13.7. The molecule has 0 spiro atoms. The van der Waals surface area contributed by atoms with Crippen LogP contribution in [0.4, 0.5) is 10.1 Å². The highest BCUT2D eigenvalue weighted by atomic mass is 35.5. The van der Waals surface area contributed by atoms with Gasteiger partial charge in [0.2, 0.25) is 0 Å². The third kappa shape index (κ3) is 10.4. The molecule has 44 heavy (non-hydrogen) atoms. The van der Waals surface area contributed by atoms with Crippen molar-refractivity contribution in [2.45, 2.75) is 40.0 Å². The van der Waals surface area contributed by atoms with Crippen LogP contribution in [0.2, 0.25) is 10.0 Å². The lowest BCUT2D eigenvalue weighted by molar-refractivity contribution is -0.136. The van der Waals surface area contributed by atoms with Crippen LogP contribution >= 0.6 is 23.2 Å². The Morgan fingerprint density at radius 1 is 1.11 bits per heavy atom. The summed E-state index contributed by atoms with van der Waals surface area (Å²) in [6.45, 7) is 7.13. The maximum absolute atomic E-state index is 15.0. The quantitative estimate of drug-likeness (QED) is 0.0970. The number of anilines is 1. The summed E-state index contributed by atoms with van der Waals surface area (Å²) >= 11 is 12.0. The van der Waals surface area contributed by atoms with Crippen LogP contribution in [0.3, 0.4) is 0 Å². The smallest absolute Gasteiger partial charge is 0.313 e. The summed E-state index contributed by atoms with van der Waals surface area (Å²) in [6.07, 6.45) is 9.34. The minimum absolute atomic E-state index is 0.0611. The van der Waals surface area contributed by atoms with Gasteiger partial charge in [-0.2, -0.15) is 0 Å². The van der Waals surface area contributed by atoms with Crippen molar-refractivity contribution in [3.63, 3.8) is 0 Å². The topological polar surface area (TPSA) is 116 Å². The van der Waals surface area contributed by atoms with Crippen molar-refractivity contribution >= 4 is 46.8 Å². The molecule has 4 N–H and O–H groups in total. The number of carbonyl (C=O) groups excluding carboxylic acids is 2. The Hall–Kier alpha value is -3.92. The molecule has 0 saturated carbocycles. The number of hydrogen-bond donors (Lipinski definition) is 3. The van der Waals surface area contributed by atoms with Gasteiger partial charge in [-0.3, -0.25) is 14.6 Å². The number of benzene rings is 2. The Bertz CT molecular complexity index is 1510. The van der Waals surface area contributed by atoms with Gasteiger partial charge in [-0.1, -0.05) is 48.7 Å². The molecule has 1 atom stereocenters. The molecule has 1 aromatic heterocycles. The zero-order valence-electron chi connectivity index (χ0n) is 25.0. The zero-order chi connectivity index (χ0) is 32.1. The predicted octanol–water partition coefficient (Wildman–Crippen LogP) is 7.23. The molecule has 0 aliphatic heterocycles. The monoisotopic (exact) mass is 642 g/mol. The molecule has 3 aromatic rings. The first-order valence-electron chi connectivity index (χ1n) is 14.3. The van der Waals surface area contributed by atoms with E-state index in [0.717, 1.165) is 24.5 Å². The molecule has 2 aromatic carbocycles. The molecule has 1 heterocycles. The van der Waals surface area contributed by atoms with Crippen molar-refractivity contribution < 1.29 is 23.5 Å². The second-order valence-corrected chi connectivity index (χ2v) is 10.8. The van der Waals surface area contributed by atoms with Crippen LogP contribution < -0.4 is 21.1 Å². The molecule has 8 nitrogen and oxygen atoms in total. The van der Waals surface area contributed by atoms with Gasteiger partial charge < -0.3 is 25.8 Å². The van der Waals surface area contributed by atoms with Crippen molar-refractivity contribution in [1.82, 2.24) is 10.3 Å². The molecule has 0 aliphatic rings. The van der Waals surface area contributed by atoms with Crippen LogP contribution in [0.25, 0.3) is 6.08 Å². The van der Waals surface area contributed by atoms with Gasteiger partial charge in [-0.25, -0.2) is 4.39 Å². The van der Waals surface area contributed by atoms with E-state index in [-0.39, 0.29) is 18.0 Å². The van der Waals surface area contributed by atoms with Gasteiger partial charge in [0.1, 0.15) is 11.5 Å². The van der Waals surface area contributed by atoms with E-state index in [9.17, 15) is 14.0 Å². The number of nitrogens with two attached hydrogens (primary N) is 1. The largest absolute Gasteiger partial charge is 0.493 e. The number of carbonyl (C=O) groups is 2. The number of halogens is 3. The minimum atomic E-state index is -0.936. The van der Waals surface area contributed by atoms with E-state index in [1.165, 1.54) is 12.1 Å². The van der Waals surface area contributed by atoms with E-state index < -0.39 is 17.6 Å². The number of amides is 2. The second-order valence-electron chi connectivity index (χ2n) is 9.97. The minimum Gasteiger partial charge on any atom is -0.493 e. The van der Waals surface area contributed by atoms with E-state index >= 15 is 0 Å². The molecule has 0 fully saturated rings. The Labute approximate surface area is 267 Å². The second kappa shape index (κ2) is 17.4. The first kappa shape index (κ1) is 34.6. The number of allylic oxidation sites excluding steroid dienone is 2. The van der Waals surface area contributed by atoms with E-state index in [0.29, 0.717) is 58.3 Å². The zero-order valence-corrected chi connectivity index (χ0v) is 26.5. The number of rotatable bonds is 14. The van der Waals surface area contributed by atoms with Gasteiger partial charge in [0.05, 0.1) is 12.3 Å². The molecule has 11 heteroatoms. The van der Waals surface area contributed by atoms with Crippen molar-refractivity contribution in [3.05, 3.63) is 99.3 Å².